The van der Waals surface area contributed by atoms with Crippen LogP contribution in [0.5, 0.6) is 0 Å². The van der Waals surface area contributed by atoms with E-state index in [1.807, 2.05) is 18.3 Å². The Morgan fingerprint density at radius 3 is 2.89 bits per heavy atom. The van der Waals surface area contributed by atoms with Gasteiger partial charge >= 0.3 is 167 Å². The standard InChI is InChI=1S/C19H18N4.C2H3O.In/c1-3-4-6-15-11-17(12-18-19(15)22-10-9-21-18)23-14(2)16-7-5-8-20-13-16;1-2-3;/h1,3,5-14,23H,4H2,2H3;1H3;. The Bertz CT molecular complexity index is 1010. The van der Waals surface area contributed by atoms with Crippen molar-refractivity contribution in [1.82, 2.24) is 15.0 Å². The summed E-state index contributed by atoms with van der Waals surface area (Å²) < 4.78 is 2.95. The van der Waals surface area contributed by atoms with Crippen LogP contribution in [0.25, 0.3) is 11.0 Å². The van der Waals surface area contributed by atoms with E-state index in [-0.39, 0.29) is 6.04 Å². The molecule has 0 saturated carbocycles. The Kier molecular flexibility index (Phi) is 5.25. The zero-order chi connectivity index (χ0) is 18.8. The normalized spacial score (nSPS) is 17.3. The first-order chi connectivity index (χ1) is 13.1. The quantitative estimate of drug-likeness (QED) is 0.625. The molecular formula is C21H21InN4O. The summed E-state index contributed by atoms with van der Waals surface area (Å²) in [7, 11) is 0. The second-order valence-electron chi connectivity index (χ2n) is 7.05. The number of allylic oxidation sites excluding steroid dienone is 1. The summed E-state index contributed by atoms with van der Waals surface area (Å²) in [6, 6.07) is 8.35. The van der Waals surface area contributed by atoms with Gasteiger partial charge in [-0.3, -0.25) is 0 Å². The zero-order valence-electron chi connectivity index (χ0n) is 15.5. The first-order valence-corrected chi connectivity index (χ1v) is 14.7. The number of carbonyl (C=O) groups is 1. The first kappa shape index (κ1) is 18.2. The van der Waals surface area contributed by atoms with E-state index in [1.165, 1.54) is 5.56 Å². The minimum atomic E-state index is -2.44. The van der Waals surface area contributed by atoms with Gasteiger partial charge in [-0.25, -0.2) is 0 Å². The van der Waals surface area contributed by atoms with Crippen molar-refractivity contribution in [2.75, 3.05) is 5.32 Å². The molecule has 2 aromatic heterocycles. The van der Waals surface area contributed by atoms with Crippen LogP contribution in [-0.2, 0) is 4.79 Å². The Morgan fingerprint density at radius 2 is 2.11 bits per heavy atom. The monoisotopic (exact) mass is 460 g/mol. The molecule has 0 bridgehead atoms. The van der Waals surface area contributed by atoms with Crippen molar-refractivity contribution in [3.63, 3.8) is 0 Å². The zero-order valence-corrected chi connectivity index (χ0v) is 18.8. The molecule has 5 nitrogen and oxygen atoms in total. The molecule has 2 unspecified atom stereocenters. The maximum atomic E-state index is 12.2. The number of fused-ring (bicyclic) bond motifs is 1. The molecule has 2 atom stereocenters. The van der Waals surface area contributed by atoms with Gasteiger partial charge in [0.15, 0.2) is 0 Å². The number of carbonyl (C=O) groups excluding carboxylic acids is 1. The second-order valence-corrected chi connectivity index (χ2v) is 15.8. The van der Waals surface area contributed by atoms with Gasteiger partial charge in [0.05, 0.1) is 0 Å². The molecule has 0 saturated heterocycles. The summed E-state index contributed by atoms with van der Waals surface area (Å²) >= 11 is -2.44. The van der Waals surface area contributed by atoms with Crippen LogP contribution in [0.15, 0.2) is 59.0 Å². The van der Waals surface area contributed by atoms with Gasteiger partial charge in [0.1, 0.15) is 0 Å². The summed E-state index contributed by atoms with van der Waals surface area (Å²) in [5, 5.41) is 3.57. The summed E-state index contributed by atoms with van der Waals surface area (Å²) in [6.45, 7) is 3.87. The molecule has 3 heterocycles. The van der Waals surface area contributed by atoms with E-state index in [4.69, 9.17) is 0 Å². The van der Waals surface area contributed by atoms with Crippen LogP contribution in [-0.4, -0.2) is 39.9 Å². The molecule has 1 aliphatic heterocycles. The van der Waals surface area contributed by atoms with Crippen molar-refractivity contribution in [2.45, 2.75) is 30.0 Å². The van der Waals surface area contributed by atoms with Crippen LogP contribution in [0.2, 0.25) is 0 Å². The summed E-state index contributed by atoms with van der Waals surface area (Å²) in [6.07, 6.45) is 10.2. The molecule has 4 rings (SSSR count). The van der Waals surface area contributed by atoms with E-state index in [9.17, 15) is 4.79 Å². The second kappa shape index (κ2) is 7.80. The van der Waals surface area contributed by atoms with Gasteiger partial charge in [0.25, 0.3) is 0 Å². The first-order valence-electron chi connectivity index (χ1n) is 9.21. The van der Waals surface area contributed by atoms with Gasteiger partial charge in [-0.2, -0.15) is 0 Å². The Morgan fingerprint density at radius 1 is 1.26 bits per heavy atom. The van der Waals surface area contributed by atoms with Gasteiger partial charge in [0.2, 0.25) is 0 Å². The molecule has 6 heteroatoms. The van der Waals surface area contributed by atoms with E-state index >= 15 is 0 Å². The third kappa shape index (κ3) is 3.76. The molecule has 0 amide bonds. The predicted octanol–water partition coefficient (Wildman–Crippen LogP) is 3.94. The van der Waals surface area contributed by atoms with Crippen molar-refractivity contribution < 1.29 is 4.79 Å². The van der Waals surface area contributed by atoms with Crippen molar-refractivity contribution in [3.05, 3.63) is 70.1 Å². The molecule has 0 radical (unpaired) electrons. The average Bonchev–Trinajstić information content (AvgIpc) is 3.18. The fraction of sp³-hybridized carbons (Fsp3) is 0.238. The Balaban J connectivity index is 1.74. The molecule has 134 valence electrons. The number of aromatic nitrogens is 3. The third-order valence-electron chi connectivity index (χ3n) is 5.21. The van der Waals surface area contributed by atoms with Crippen LogP contribution < -0.4 is 5.32 Å². The topological polar surface area (TPSA) is 67.8 Å². The molecule has 0 spiro atoms. The average molecular weight is 460 g/mol. The fourth-order valence-corrected chi connectivity index (χ4v) is 11.4. The number of anilines is 1. The number of benzene rings is 1. The van der Waals surface area contributed by atoms with Crippen molar-refractivity contribution in [1.29, 1.82) is 0 Å². The Hall–Kier alpha value is -2.21. The van der Waals surface area contributed by atoms with Gasteiger partial charge in [-0.15, -0.1) is 0 Å². The molecule has 27 heavy (non-hydrogen) atoms. The minimum absolute atomic E-state index is 0.120. The maximum absolute atomic E-state index is 12.2. The molecular weight excluding hydrogens is 439 g/mol. The van der Waals surface area contributed by atoms with Crippen LogP contribution in [0.4, 0.5) is 5.69 Å². The molecule has 0 fully saturated rings. The number of nitrogens with one attached hydrogen (secondary N) is 1. The summed E-state index contributed by atoms with van der Waals surface area (Å²) in [5.74, 6) is 0. The summed E-state index contributed by atoms with van der Waals surface area (Å²) in [4.78, 5) is 25.5. The molecule has 1 aliphatic rings. The van der Waals surface area contributed by atoms with Crippen molar-refractivity contribution in [3.8, 4) is 0 Å². The van der Waals surface area contributed by atoms with Crippen LogP contribution in [0, 0.1) is 0 Å². The van der Waals surface area contributed by atoms with Crippen LogP contribution in [0.3, 0.4) is 0 Å². The van der Waals surface area contributed by atoms with E-state index in [0.717, 1.165) is 28.7 Å². The summed E-state index contributed by atoms with van der Waals surface area (Å²) in [5.41, 5.74) is 5.10. The molecule has 1 N–H and O–H groups in total. The van der Waals surface area contributed by atoms with Crippen LogP contribution >= 0.6 is 0 Å². The van der Waals surface area contributed by atoms with Gasteiger partial charge < -0.3 is 0 Å². The number of nitrogens with zero attached hydrogens (tertiary/aromatic N) is 3. The fourth-order valence-electron chi connectivity index (χ4n) is 3.82. The van der Waals surface area contributed by atoms with Gasteiger partial charge in [-0.05, 0) is 0 Å². The molecule has 3 aromatic rings. The van der Waals surface area contributed by atoms with E-state index in [2.05, 4.69) is 49.2 Å². The Labute approximate surface area is 166 Å². The predicted molar refractivity (Wildman–Crippen MR) is 109 cm³/mol. The van der Waals surface area contributed by atoms with E-state index < -0.39 is 21.4 Å². The van der Waals surface area contributed by atoms with Gasteiger partial charge in [-0.1, -0.05) is 0 Å². The van der Waals surface area contributed by atoms with E-state index in [0.29, 0.717) is 7.21 Å². The molecule has 1 aromatic carbocycles. The van der Waals surface area contributed by atoms with Gasteiger partial charge in [0, 0.05) is 0 Å². The number of rotatable bonds is 5. The number of hydrogen-bond acceptors (Lipinski definition) is 5. The molecule has 0 aliphatic carbocycles. The number of pyridine rings is 1. The van der Waals surface area contributed by atoms with Crippen molar-refractivity contribution >= 4 is 41.7 Å². The van der Waals surface area contributed by atoms with E-state index in [1.54, 1.807) is 25.5 Å². The SMILES string of the molecule is C[C](=O)[In]1[CH]=CC[CH]1c1cc(NC(C)c2cccnc2)cc2nccnc12. The van der Waals surface area contributed by atoms with Crippen molar-refractivity contribution in [2.24, 2.45) is 0 Å². The number of hydrogen-bond donors (Lipinski definition) is 1. The van der Waals surface area contributed by atoms with Crippen LogP contribution in [0.1, 0.15) is 41.1 Å². The third-order valence-corrected chi connectivity index (χ3v) is 14.1.